The quantitative estimate of drug-likeness (QED) is 0.427. The van der Waals surface area contributed by atoms with Gasteiger partial charge in [0.25, 0.3) is 5.91 Å². The number of fused-ring (bicyclic) bond motifs is 1. The SMILES string of the molecule is Cc1cccc2sc(N3CCN(C(=O)c4ccc(C(=O)c5ccccc5)cc4)CC3)nc12. The monoisotopic (exact) mass is 441 g/mol. The fraction of sp³-hybridized carbons (Fsp3) is 0.192. The molecule has 1 saturated heterocycles. The van der Waals surface area contributed by atoms with Crippen LogP contribution in [-0.2, 0) is 0 Å². The Hall–Kier alpha value is -3.51. The third-order valence-electron chi connectivity index (χ3n) is 5.88. The van der Waals surface area contributed by atoms with Gasteiger partial charge in [0.2, 0.25) is 0 Å². The zero-order valence-corrected chi connectivity index (χ0v) is 18.6. The predicted molar refractivity (Wildman–Crippen MR) is 129 cm³/mol. The highest BCUT2D eigenvalue weighted by Gasteiger charge is 2.24. The van der Waals surface area contributed by atoms with Gasteiger partial charge in [-0.2, -0.15) is 0 Å². The van der Waals surface area contributed by atoms with Crippen molar-refractivity contribution < 1.29 is 9.59 Å². The first kappa shape index (κ1) is 20.4. The van der Waals surface area contributed by atoms with Crippen molar-refractivity contribution in [1.82, 2.24) is 9.88 Å². The smallest absolute Gasteiger partial charge is 0.253 e. The van der Waals surface area contributed by atoms with Crippen LogP contribution in [0.5, 0.6) is 0 Å². The van der Waals surface area contributed by atoms with Gasteiger partial charge in [0.05, 0.1) is 10.2 Å². The molecule has 0 bridgehead atoms. The molecular weight excluding hydrogens is 418 g/mol. The van der Waals surface area contributed by atoms with Crippen molar-refractivity contribution in [3.63, 3.8) is 0 Å². The molecule has 0 N–H and O–H groups in total. The Labute approximate surface area is 190 Å². The summed E-state index contributed by atoms with van der Waals surface area (Å²) in [7, 11) is 0. The molecule has 160 valence electrons. The average molecular weight is 442 g/mol. The fourth-order valence-electron chi connectivity index (χ4n) is 4.01. The largest absolute Gasteiger partial charge is 0.345 e. The molecule has 2 heterocycles. The van der Waals surface area contributed by atoms with Gasteiger partial charge in [-0.25, -0.2) is 4.98 Å². The lowest BCUT2D eigenvalue weighted by atomic mass is 10.0. The number of ketones is 1. The first-order valence-corrected chi connectivity index (χ1v) is 11.5. The van der Waals surface area contributed by atoms with E-state index in [2.05, 4.69) is 30.0 Å². The van der Waals surface area contributed by atoms with E-state index >= 15 is 0 Å². The van der Waals surface area contributed by atoms with Gasteiger partial charge in [0.1, 0.15) is 0 Å². The number of rotatable bonds is 4. The maximum Gasteiger partial charge on any atom is 0.253 e. The van der Waals surface area contributed by atoms with Crippen molar-refractivity contribution in [3.05, 3.63) is 95.1 Å². The first-order chi connectivity index (χ1) is 15.6. The second kappa shape index (κ2) is 8.55. The minimum atomic E-state index is -0.0377. The van der Waals surface area contributed by atoms with Crippen molar-refractivity contribution in [2.75, 3.05) is 31.1 Å². The molecule has 4 aromatic rings. The highest BCUT2D eigenvalue weighted by Crippen LogP contribution is 2.31. The number of anilines is 1. The molecule has 0 atom stereocenters. The molecule has 5 nitrogen and oxygen atoms in total. The van der Waals surface area contributed by atoms with Crippen molar-refractivity contribution in [1.29, 1.82) is 0 Å². The fourth-order valence-corrected chi connectivity index (χ4v) is 5.11. The van der Waals surface area contributed by atoms with Crippen LogP contribution in [0, 0.1) is 6.92 Å². The number of aryl methyl sites for hydroxylation is 1. The second-order valence-corrected chi connectivity index (χ2v) is 8.98. The number of carbonyl (C=O) groups excluding carboxylic acids is 2. The first-order valence-electron chi connectivity index (χ1n) is 10.7. The Morgan fingerprint density at radius 3 is 2.12 bits per heavy atom. The summed E-state index contributed by atoms with van der Waals surface area (Å²) in [5.74, 6) is -0.0345. The lowest BCUT2D eigenvalue weighted by Crippen LogP contribution is -2.48. The molecule has 0 aliphatic carbocycles. The van der Waals surface area contributed by atoms with Gasteiger partial charge in [0, 0.05) is 42.9 Å². The molecule has 1 fully saturated rings. The number of hydrogen-bond acceptors (Lipinski definition) is 5. The van der Waals surface area contributed by atoms with E-state index in [0.717, 1.165) is 23.7 Å². The standard InChI is InChI=1S/C26H23N3O2S/c1-18-6-5-9-22-23(18)27-26(32-22)29-16-14-28(15-17-29)25(31)21-12-10-20(11-13-21)24(30)19-7-3-2-4-8-19/h2-13H,14-17H2,1H3. The number of thiazole rings is 1. The van der Waals surface area contributed by atoms with Crippen molar-refractivity contribution in [2.45, 2.75) is 6.92 Å². The molecule has 0 unspecified atom stereocenters. The summed E-state index contributed by atoms with van der Waals surface area (Å²) in [6, 6.07) is 22.4. The summed E-state index contributed by atoms with van der Waals surface area (Å²) in [5, 5.41) is 1.02. The van der Waals surface area contributed by atoms with Gasteiger partial charge < -0.3 is 9.80 Å². The molecule has 1 aliphatic rings. The number of hydrogen-bond donors (Lipinski definition) is 0. The van der Waals surface area contributed by atoms with Crippen LogP contribution in [0.3, 0.4) is 0 Å². The summed E-state index contributed by atoms with van der Waals surface area (Å²) in [6.07, 6.45) is 0. The number of benzene rings is 3. The summed E-state index contributed by atoms with van der Waals surface area (Å²) < 4.78 is 1.20. The minimum absolute atomic E-state index is 0.00324. The molecule has 5 rings (SSSR count). The third-order valence-corrected chi connectivity index (χ3v) is 6.96. The highest BCUT2D eigenvalue weighted by molar-refractivity contribution is 7.22. The van der Waals surface area contributed by atoms with E-state index in [1.807, 2.05) is 23.1 Å². The number of piperazine rings is 1. The molecule has 0 spiro atoms. The number of amides is 1. The Kier molecular flexibility index (Phi) is 5.45. The third kappa shape index (κ3) is 3.89. The molecule has 1 amide bonds. The van der Waals surface area contributed by atoms with Gasteiger partial charge in [-0.3, -0.25) is 9.59 Å². The van der Waals surface area contributed by atoms with E-state index in [0.29, 0.717) is 29.8 Å². The second-order valence-electron chi connectivity index (χ2n) is 7.97. The lowest BCUT2D eigenvalue weighted by Gasteiger charge is -2.34. The number of nitrogens with zero attached hydrogens (tertiary/aromatic N) is 3. The van der Waals surface area contributed by atoms with Crippen LogP contribution < -0.4 is 4.90 Å². The number of para-hydroxylation sites is 1. The number of aromatic nitrogens is 1. The maximum atomic E-state index is 13.0. The zero-order chi connectivity index (χ0) is 22.1. The van der Waals surface area contributed by atoms with Crippen LogP contribution >= 0.6 is 11.3 Å². The van der Waals surface area contributed by atoms with Crippen LogP contribution in [0.25, 0.3) is 10.2 Å². The highest BCUT2D eigenvalue weighted by atomic mass is 32.1. The Balaban J connectivity index is 1.24. The molecule has 1 aliphatic heterocycles. The average Bonchev–Trinajstić information content (AvgIpc) is 3.30. The molecular formula is C26H23N3O2S. The van der Waals surface area contributed by atoms with Crippen molar-refractivity contribution >= 4 is 38.4 Å². The normalized spacial score (nSPS) is 14.0. The lowest BCUT2D eigenvalue weighted by molar-refractivity contribution is 0.0746. The van der Waals surface area contributed by atoms with Crippen LogP contribution in [-0.4, -0.2) is 47.8 Å². The molecule has 32 heavy (non-hydrogen) atoms. The van der Waals surface area contributed by atoms with Gasteiger partial charge >= 0.3 is 0 Å². The van der Waals surface area contributed by atoms with Crippen LogP contribution in [0.1, 0.15) is 31.8 Å². The van der Waals surface area contributed by atoms with E-state index in [9.17, 15) is 9.59 Å². The summed E-state index contributed by atoms with van der Waals surface area (Å²) in [4.78, 5) is 34.5. The van der Waals surface area contributed by atoms with E-state index in [-0.39, 0.29) is 11.7 Å². The Bertz CT molecular complexity index is 1270. The summed E-state index contributed by atoms with van der Waals surface area (Å²) >= 11 is 1.71. The van der Waals surface area contributed by atoms with E-state index < -0.39 is 0 Å². The van der Waals surface area contributed by atoms with Gasteiger partial charge in [-0.15, -0.1) is 0 Å². The molecule has 6 heteroatoms. The van der Waals surface area contributed by atoms with Crippen molar-refractivity contribution in [2.24, 2.45) is 0 Å². The van der Waals surface area contributed by atoms with Gasteiger partial charge in [-0.05, 0) is 30.7 Å². The van der Waals surface area contributed by atoms with Gasteiger partial charge in [-0.1, -0.05) is 65.9 Å². The topological polar surface area (TPSA) is 53.5 Å². The summed E-state index contributed by atoms with van der Waals surface area (Å²) in [6.45, 7) is 4.91. The minimum Gasteiger partial charge on any atom is -0.345 e. The Morgan fingerprint density at radius 1 is 0.781 bits per heavy atom. The molecule has 1 aromatic heterocycles. The van der Waals surface area contributed by atoms with Crippen LogP contribution in [0.2, 0.25) is 0 Å². The van der Waals surface area contributed by atoms with Crippen LogP contribution in [0.15, 0.2) is 72.8 Å². The van der Waals surface area contributed by atoms with E-state index in [1.54, 1.807) is 47.7 Å². The predicted octanol–water partition coefficient (Wildman–Crippen LogP) is 4.80. The Morgan fingerprint density at radius 2 is 1.44 bits per heavy atom. The number of carbonyl (C=O) groups is 2. The van der Waals surface area contributed by atoms with Crippen LogP contribution in [0.4, 0.5) is 5.13 Å². The summed E-state index contributed by atoms with van der Waals surface area (Å²) in [5.41, 5.74) is 4.10. The van der Waals surface area contributed by atoms with Gasteiger partial charge in [0.15, 0.2) is 10.9 Å². The van der Waals surface area contributed by atoms with E-state index in [4.69, 9.17) is 4.98 Å². The maximum absolute atomic E-state index is 13.0. The van der Waals surface area contributed by atoms with Crippen molar-refractivity contribution in [3.8, 4) is 0 Å². The molecule has 0 saturated carbocycles. The molecule has 0 radical (unpaired) electrons. The zero-order valence-electron chi connectivity index (χ0n) is 17.8. The van der Waals surface area contributed by atoms with E-state index in [1.165, 1.54) is 10.3 Å². The molecule has 3 aromatic carbocycles.